The summed E-state index contributed by atoms with van der Waals surface area (Å²) in [5.74, 6) is -0.211. The van der Waals surface area contributed by atoms with Gasteiger partial charge in [0.1, 0.15) is 5.56 Å². The minimum atomic E-state index is -0.342. The molecule has 2 aromatic rings. The average molecular weight is 307 g/mol. The predicted molar refractivity (Wildman–Crippen MR) is 83.4 cm³/mol. The molecular weight excluding hydrogens is 288 g/mol. The zero-order valence-electron chi connectivity index (χ0n) is 12.7. The van der Waals surface area contributed by atoms with Gasteiger partial charge in [-0.15, -0.1) is 0 Å². The van der Waals surface area contributed by atoms with Crippen molar-refractivity contribution in [3.63, 3.8) is 0 Å². The van der Waals surface area contributed by atoms with Gasteiger partial charge in [0.25, 0.3) is 0 Å². The Labute approximate surface area is 129 Å². The van der Waals surface area contributed by atoms with Crippen LogP contribution in [0.25, 0.3) is 5.69 Å². The molecule has 0 aliphatic heterocycles. The Kier molecular flexibility index (Phi) is 4.68. The summed E-state index contributed by atoms with van der Waals surface area (Å²) in [5.41, 5.74) is 3.17. The first kappa shape index (κ1) is 15.6. The van der Waals surface area contributed by atoms with Crippen molar-refractivity contribution in [2.75, 3.05) is 6.61 Å². The monoisotopic (exact) mass is 306 g/mol. The molecule has 1 aromatic carbocycles. The van der Waals surface area contributed by atoms with Crippen molar-refractivity contribution in [2.24, 2.45) is 0 Å². The molecule has 0 aliphatic rings. The zero-order valence-corrected chi connectivity index (χ0v) is 13.4. The number of rotatable bonds is 4. The largest absolute Gasteiger partial charge is 0.462 e. The van der Waals surface area contributed by atoms with E-state index in [1.807, 2.05) is 39.0 Å². The van der Waals surface area contributed by atoms with Crippen LogP contribution in [0.5, 0.6) is 0 Å². The van der Waals surface area contributed by atoms with Gasteiger partial charge in [-0.2, -0.15) is 5.10 Å². The molecule has 0 bridgehead atoms. The third kappa shape index (κ3) is 3.10. The standard InChI is InChI=1S/C16H19ClN2O2/c1-5-21-16(20)13-9-18-19(15(13)10(2)3)12-7-6-11(4)14(17)8-12/h6-10H,5H2,1-4H3. The Morgan fingerprint density at radius 2 is 2.14 bits per heavy atom. The van der Waals surface area contributed by atoms with E-state index >= 15 is 0 Å². The number of nitrogens with zero attached hydrogens (tertiary/aromatic N) is 2. The van der Waals surface area contributed by atoms with E-state index in [1.54, 1.807) is 17.8 Å². The van der Waals surface area contributed by atoms with E-state index in [0.29, 0.717) is 17.2 Å². The molecule has 0 fully saturated rings. The fourth-order valence-corrected chi connectivity index (χ4v) is 2.37. The second-order valence-electron chi connectivity index (χ2n) is 5.16. The Hall–Kier alpha value is -1.81. The first-order valence-corrected chi connectivity index (χ1v) is 7.35. The van der Waals surface area contributed by atoms with E-state index in [2.05, 4.69) is 5.10 Å². The number of halogens is 1. The highest BCUT2D eigenvalue weighted by Crippen LogP contribution is 2.26. The van der Waals surface area contributed by atoms with Crippen LogP contribution < -0.4 is 0 Å². The van der Waals surface area contributed by atoms with Gasteiger partial charge in [0.2, 0.25) is 0 Å². The molecule has 21 heavy (non-hydrogen) atoms. The first-order chi connectivity index (χ1) is 9.95. The molecule has 0 N–H and O–H groups in total. The van der Waals surface area contributed by atoms with Gasteiger partial charge in [0.15, 0.2) is 0 Å². The van der Waals surface area contributed by atoms with Crippen LogP contribution in [0.4, 0.5) is 0 Å². The average Bonchev–Trinajstić information content (AvgIpc) is 2.87. The summed E-state index contributed by atoms with van der Waals surface area (Å²) in [6.07, 6.45) is 1.56. The smallest absolute Gasteiger partial charge is 0.341 e. The van der Waals surface area contributed by atoms with E-state index in [4.69, 9.17) is 16.3 Å². The molecule has 0 unspecified atom stereocenters. The topological polar surface area (TPSA) is 44.1 Å². The molecule has 5 heteroatoms. The van der Waals surface area contributed by atoms with E-state index in [9.17, 15) is 4.79 Å². The quantitative estimate of drug-likeness (QED) is 0.798. The van der Waals surface area contributed by atoms with Gasteiger partial charge >= 0.3 is 5.97 Å². The maximum absolute atomic E-state index is 12.0. The number of aromatic nitrogens is 2. The highest BCUT2D eigenvalue weighted by Gasteiger charge is 2.21. The van der Waals surface area contributed by atoms with Crippen LogP contribution in [-0.2, 0) is 4.74 Å². The van der Waals surface area contributed by atoms with Crippen molar-refractivity contribution in [1.29, 1.82) is 0 Å². The number of aryl methyl sites for hydroxylation is 1. The lowest BCUT2D eigenvalue weighted by Gasteiger charge is -2.13. The van der Waals surface area contributed by atoms with Crippen LogP contribution >= 0.6 is 11.6 Å². The van der Waals surface area contributed by atoms with E-state index in [0.717, 1.165) is 16.9 Å². The van der Waals surface area contributed by atoms with Crippen molar-refractivity contribution in [1.82, 2.24) is 9.78 Å². The summed E-state index contributed by atoms with van der Waals surface area (Å²) in [4.78, 5) is 12.0. The summed E-state index contributed by atoms with van der Waals surface area (Å²) in [7, 11) is 0. The van der Waals surface area contributed by atoms with E-state index in [1.165, 1.54) is 0 Å². The van der Waals surface area contributed by atoms with Crippen molar-refractivity contribution in [2.45, 2.75) is 33.6 Å². The molecule has 0 aliphatic carbocycles. The molecule has 2 rings (SSSR count). The van der Waals surface area contributed by atoms with Crippen molar-refractivity contribution >= 4 is 17.6 Å². The summed E-state index contributed by atoms with van der Waals surface area (Å²) < 4.78 is 6.84. The molecule has 0 spiro atoms. The van der Waals surface area contributed by atoms with Crippen LogP contribution in [0.1, 0.15) is 48.3 Å². The van der Waals surface area contributed by atoms with E-state index < -0.39 is 0 Å². The maximum Gasteiger partial charge on any atom is 0.341 e. The Morgan fingerprint density at radius 3 is 2.71 bits per heavy atom. The Balaban J connectivity index is 2.54. The molecular formula is C16H19ClN2O2. The lowest BCUT2D eigenvalue weighted by Crippen LogP contribution is -2.11. The lowest BCUT2D eigenvalue weighted by molar-refractivity contribution is 0.0524. The first-order valence-electron chi connectivity index (χ1n) is 6.97. The lowest BCUT2D eigenvalue weighted by atomic mass is 10.1. The van der Waals surface area contributed by atoms with Gasteiger partial charge < -0.3 is 4.74 Å². The molecule has 0 radical (unpaired) electrons. The molecule has 0 saturated heterocycles. The van der Waals surface area contributed by atoms with Crippen molar-refractivity contribution in [3.8, 4) is 5.69 Å². The van der Waals surface area contributed by atoms with Crippen molar-refractivity contribution in [3.05, 3.63) is 46.2 Å². The molecule has 1 heterocycles. The second kappa shape index (κ2) is 6.31. The van der Waals surface area contributed by atoms with Crippen LogP contribution in [-0.4, -0.2) is 22.4 Å². The number of benzene rings is 1. The van der Waals surface area contributed by atoms with Gasteiger partial charge in [-0.3, -0.25) is 0 Å². The highest BCUT2D eigenvalue weighted by molar-refractivity contribution is 6.31. The number of carbonyl (C=O) groups is 1. The fourth-order valence-electron chi connectivity index (χ4n) is 2.20. The van der Waals surface area contributed by atoms with Crippen LogP contribution in [0.3, 0.4) is 0 Å². The second-order valence-corrected chi connectivity index (χ2v) is 5.57. The SMILES string of the molecule is CCOC(=O)c1cnn(-c2ccc(C)c(Cl)c2)c1C(C)C. The minimum Gasteiger partial charge on any atom is -0.462 e. The molecule has 0 atom stereocenters. The van der Waals surface area contributed by atoms with Gasteiger partial charge in [0.05, 0.1) is 24.2 Å². The maximum atomic E-state index is 12.0. The number of ether oxygens (including phenoxy) is 1. The Bertz CT molecular complexity index is 662. The Morgan fingerprint density at radius 1 is 1.43 bits per heavy atom. The van der Waals surface area contributed by atoms with Crippen molar-refractivity contribution < 1.29 is 9.53 Å². The molecule has 0 saturated carbocycles. The fraction of sp³-hybridized carbons (Fsp3) is 0.375. The van der Waals surface area contributed by atoms with Crippen LogP contribution in [0.2, 0.25) is 5.02 Å². The third-order valence-electron chi connectivity index (χ3n) is 3.25. The molecule has 0 amide bonds. The summed E-state index contributed by atoms with van der Waals surface area (Å²) in [6, 6.07) is 5.73. The summed E-state index contributed by atoms with van der Waals surface area (Å²) in [6.45, 7) is 8.12. The highest BCUT2D eigenvalue weighted by atomic mass is 35.5. The van der Waals surface area contributed by atoms with Gasteiger partial charge in [-0.1, -0.05) is 31.5 Å². The summed E-state index contributed by atoms with van der Waals surface area (Å²) >= 11 is 6.18. The normalized spacial score (nSPS) is 11.0. The van der Waals surface area contributed by atoms with Gasteiger partial charge in [-0.25, -0.2) is 9.48 Å². The van der Waals surface area contributed by atoms with Crippen LogP contribution in [0, 0.1) is 6.92 Å². The van der Waals surface area contributed by atoms with Crippen LogP contribution in [0.15, 0.2) is 24.4 Å². The third-order valence-corrected chi connectivity index (χ3v) is 3.66. The summed E-state index contributed by atoms with van der Waals surface area (Å²) in [5, 5.41) is 5.02. The number of carbonyl (C=O) groups excluding carboxylic acids is 1. The van der Waals surface area contributed by atoms with Gasteiger partial charge in [0, 0.05) is 5.02 Å². The molecule has 1 aromatic heterocycles. The number of hydrogen-bond donors (Lipinski definition) is 0. The predicted octanol–water partition coefficient (Wildman–Crippen LogP) is 4.13. The van der Waals surface area contributed by atoms with E-state index in [-0.39, 0.29) is 11.9 Å². The number of hydrogen-bond acceptors (Lipinski definition) is 3. The molecule has 4 nitrogen and oxygen atoms in total. The van der Waals surface area contributed by atoms with Gasteiger partial charge in [-0.05, 0) is 37.5 Å². The molecule has 112 valence electrons. The minimum absolute atomic E-state index is 0.131. The zero-order chi connectivity index (χ0) is 15.6. The number of esters is 1.